The summed E-state index contributed by atoms with van der Waals surface area (Å²) in [6.07, 6.45) is 7.96. The largest absolute Gasteiger partial charge is 0.341 e. The molecule has 26 heavy (non-hydrogen) atoms. The second-order valence-electron chi connectivity index (χ2n) is 7.26. The minimum Gasteiger partial charge on any atom is -0.341 e. The number of hydrogen-bond donors (Lipinski definition) is 1. The maximum Gasteiger partial charge on any atom is 0.239 e. The van der Waals surface area contributed by atoms with Crippen LogP contribution >= 0.6 is 12.4 Å². The normalized spacial score (nSPS) is 23.6. The predicted octanol–water partition coefficient (Wildman–Crippen LogP) is 3.04. The van der Waals surface area contributed by atoms with Gasteiger partial charge in [-0.25, -0.2) is 0 Å². The first-order valence-electron chi connectivity index (χ1n) is 9.37. The molecule has 2 aliphatic rings. The molecule has 2 fully saturated rings. The average Bonchev–Trinajstić information content (AvgIpc) is 3.34. The molecule has 5 nitrogen and oxygen atoms in total. The lowest BCUT2D eigenvalue weighted by Gasteiger charge is -2.33. The molecule has 0 saturated carbocycles. The van der Waals surface area contributed by atoms with Crippen molar-refractivity contribution >= 4 is 18.3 Å². The van der Waals surface area contributed by atoms with E-state index in [1.54, 1.807) is 0 Å². The Balaban J connectivity index is 0.00000196. The summed E-state index contributed by atoms with van der Waals surface area (Å²) in [6.45, 7) is 2.71. The van der Waals surface area contributed by atoms with Gasteiger partial charge in [-0.05, 0) is 43.2 Å². The topological polar surface area (TPSA) is 50.2 Å². The van der Waals surface area contributed by atoms with Gasteiger partial charge in [-0.3, -0.25) is 14.8 Å². The van der Waals surface area contributed by atoms with Gasteiger partial charge in [-0.2, -0.15) is 5.10 Å². The number of carbonyl (C=O) groups is 1. The lowest BCUT2D eigenvalue weighted by molar-refractivity contribution is -0.134. The molecular formula is C20H27ClN4O. The highest BCUT2D eigenvalue weighted by Gasteiger charge is 2.34. The molecule has 2 atom stereocenters. The highest BCUT2D eigenvalue weighted by Crippen LogP contribution is 2.28. The highest BCUT2D eigenvalue weighted by atomic mass is 35.5. The Bertz CT molecular complexity index is 683. The molecule has 4 rings (SSSR count). The van der Waals surface area contributed by atoms with Gasteiger partial charge < -0.3 is 4.90 Å². The van der Waals surface area contributed by atoms with E-state index in [4.69, 9.17) is 0 Å². The second-order valence-corrected chi connectivity index (χ2v) is 7.26. The first-order chi connectivity index (χ1) is 12.3. The highest BCUT2D eigenvalue weighted by molar-refractivity contribution is 5.85. The van der Waals surface area contributed by atoms with E-state index in [1.807, 2.05) is 29.2 Å². The zero-order valence-electron chi connectivity index (χ0n) is 15.0. The van der Waals surface area contributed by atoms with Crippen molar-refractivity contribution in [2.45, 2.75) is 44.3 Å². The van der Waals surface area contributed by atoms with Crippen LogP contribution in [0.15, 0.2) is 48.8 Å². The molecule has 1 aromatic heterocycles. The molecule has 140 valence electrons. The summed E-state index contributed by atoms with van der Waals surface area (Å²) in [5.74, 6) is 0.911. The van der Waals surface area contributed by atoms with Gasteiger partial charge >= 0.3 is 0 Å². The van der Waals surface area contributed by atoms with Crippen molar-refractivity contribution in [3.8, 4) is 0 Å². The van der Waals surface area contributed by atoms with Crippen LogP contribution in [0.4, 0.5) is 0 Å². The standard InChI is InChI=1S/C20H26N4O.ClH/c25-20(19-8-7-18(22-19)17-5-2-1-3-6-17)23-13-9-16(10-14-23)15-24-12-4-11-21-24;/h1-6,11-12,16,18-19,22H,7-10,13-15H2;1H/t18-,19-;/m1./s1. The fourth-order valence-corrected chi connectivity index (χ4v) is 4.12. The molecule has 1 N–H and O–H groups in total. The number of halogens is 1. The Morgan fingerprint density at radius 3 is 2.54 bits per heavy atom. The summed E-state index contributed by atoms with van der Waals surface area (Å²) < 4.78 is 2.01. The maximum absolute atomic E-state index is 12.8. The predicted molar refractivity (Wildman–Crippen MR) is 104 cm³/mol. The lowest BCUT2D eigenvalue weighted by Crippen LogP contribution is -2.47. The quantitative estimate of drug-likeness (QED) is 0.894. The van der Waals surface area contributed by atoms with Crippen molar-refractivity contribution in [3.63, 3.8) is 0 Å². The Morgan fingerprint density at radius 1 is 1.08 bits per heavy atom. The molecule has 0 radical (unpaired) electrons. The van der Waals surface area contributed by atoms with Crippen LogP contribution in [0.3, 0.4) is 0 Å². The van der Waals surface area contributed by atoms with Crippen molar-refractivity contribution < 1.29 is 4.79 Å². The van der Waals surface area contributed by atoms with Crippen molar-refractivity contribution in [2.75, 3.05) is 13.1 Å². The number of carbonyl (C=O) groups excluding carboxylic acids is 1. The third-order valence-electron chi connectivity index (χ3n) is 5.58. The Labute approximate surface area is 161 Å². The smallest absolute Gasteiger partial charge is 0.239 e. The van der Waals surface area contributed by atoms with Crippen LogP contribution in [-0.2, 0) is 11.3 Å². The van der Waals surface area contributed by atoms with E-state index in [0.29, 0.717) is 12.0 Å². The Kier molecular flexibility index (Phi) is 6.33. The molecule has 2 aliphatic heterocycles. The van der Waals surface area contributed by atoms with Gasteiger partial charge in [0.15, 0.2) is 0 Å². The van der Waals surface area contributed by atoms with Crippen LogP contribution < -0.4 is 5.32 Å². The second kappa shape index (κ2) is 8.69. The monoisotopic (exact) mass is 374 g/mol. The molecular weight excluding hydrogens is 348 g/mol. The number of likely N-dealkylation sites (tertiary alicyclic amines) is 1. The number of aromatic nitrogens is 2. The van der Waals surface area contributed by atoms with E-state index in [9.17, 15) is 4.79 Å². The molecule has 1 amide bonds. The van der Waals surface area contributed by atoms with E-state index in [-0.39, 0.29) is 24.4 Å². The first kappa shape index (κ1) is 18.9. The summed E-state index contributed by atoms with van der Waals surface area (Å²) in [5.41, 5.74) is 1.29. The lowest BCUT2D eigenvalue weighted by atomic mass is 9.96. The molecule has 1 aromatic carbocycles. The van der Waals surface area contributed by atoms with Gasteiger partial charge in [-0.1, -0.05) is 30.3 Å². The summed E-state index contributed by atoms with van der Waals surface area (Å²) in [5, 5.41) is 7.84. The van der Waals surface area contributed by atoms with Crippen molar-refractivity contribution in [3.05, 3.63) is 54.4 Å². The third-order valence-corrected chi connectivity index (χ3v) is 5.58. The summed E-state index contributed by atoms with van der Waals surface area (Å²) >= 11 is 0. The zero-order valence-corrected chi connectivity index (χ0v) is 15.8. The molecule has 3 heterocycles. The van der Waals surface area contributed by atoms with Gasteiger partial charge in [0.2, 0.25) is 5.91 Å². The van der Waals surface area contributed by atoms with Crippen LogP contribution in [0.25, 0.3) is 0 Å². The molecule has 0 bridgehead atoms. The Morgan fingerprint density at radius 2 is 1.85 bits per heavy atom. The number of hydrogen-bond acceptors (Lipinski definition) is 3. The number of benzene rings is 1. The van der Waals surface area contributed by atoms with Crippen LogP contribution in [0.5, 0.6) is 0 Å². The Hall–Kier alpha value is -1.85. The molecule has 0 spiro atoms. The average molecular weight is 375 g/mol. The summed E-state index contributed by atoms with van der Waals surface area (Å²) in [7, 11) is 0. The fraction of sp³-hybridized carbons (Fsp3) is 0.500. The minimum atomic E-state index is -0.0205. The molecule has 0 unspecified atom stereocenters. The zero-order chi connectivity index (χ0) is 17.1. The van der Waals surface area contributed by atoms with Crippen LogP contribution in [0.1, 0.15) is 37.3 Å². The minimum absolute atomic E-state index is 0. The van der Waals surface area contributed by atoms with Crippen molar-refractivity contribution in [2.24, 2.45) is 5.92 Å². The van der Waals surface area contributed by atoms with Crippen LogP contribution in [0, 0.1) is 5.92 Å². The fourth-order valence-electron chi connectivity index (χ4n) is 4.12. The SMILES string of the molecule is Cl.O=C([C@H]1CC[C@H](c2ccccc2)N1)N1CCC(Cn2cccn2)CC1. The first-order valence-corrected chi connectivity index (χ1v) is 9.37. The van der Waals surface area contributed by atoms with Crippen molar-refractivity contribution in [1.29, 1.82) is 0 Å². The summed E-state index contributed by atoms with van der Waals surface area (Å²) in [4.78, 5) is 14.9. The van der Waals surface area contributed by atoms with Gasteiger partial charge in [0.1, 0.15) is 0 Å². The van der Waals surface area contributed by atoms with Gasteiger partial charge in [0.05, 0.1) is 6.04 Å². The van der Waals surface area contributed by atoms with E-state index in [0.717, 1.165) is 45.3 Å². The van der Waals surface area contributed by atoms with Crippen LogP contribution in [-0.4, -0.2) is 39.7 Å². The number of rotatable bonds is 4. The van der Waals surface area contributed by atoms with Gasteiger partial charge in [0, 0.05) is 38.1 Å². The van der Waals surface area contributed by atoms with E-state index in [1.165, 1.54) is 5.56 Å². The molecule has 6 heteroatoms. The molecule has 2 saturated heterocycles. The number of nitrogens with one attached hydrogen (secondary N) is 1. The third kappa shape index (κ3) is 4.27. The molecule has 2 aromatic rings. The van der Waals surface area contributed by atoms with Crippen molar-refractivity contribution in [1.82, 2.24) is 20.0 Å². The van der Waals surface area contributed by atoms with Gasteiger partial charge in [0.25, 0.3) is 0 Å². The van der Waals surface area contributed by atoms with E-state index in [2.05, 4.69) is 39.6 Å². The number of nitrogens with zero attached hydrogens (tertiary/aromatic N) is 3. The summed E-state index contributed by atoms with van der Waals surface area (Å²) in [6, 6.07) is 12.7. The van der Waals surface area contributed by atoms with E-state index >= 15 is 0 Å². The maximum atomic E-state index is 12.8. The number of piperidine rings is 1. The van der Waals surface area contributed by atoms with E-state index < -0.39 is 0 Å². The number of amides is 1. The molecule has 0 aliphatic carbocycles. The van der Waals surface area contributed by atoms with Gasteiger partial charge in [-0.15, -0.1) is 12.4 Å². The van der Waals surface area contributed by atoms with Crippen LogP contribution in [0.2, 0.25) is 0 Å².